The average molecular weight is 291 g/mol. The van der Waals surface area contributed by atoms with E-state index in [1.54, 1.807) is 0 Å². The smallest absolute Gasteiger partial charge is 0.198 e. The fourth-order valence-corrected chi connectivity index (χ4v) is 2.68. The molecule has 0 bridgehead atoms. The van der Waals surface area contributed by atoms with Crippen molar-refractivity contribution in [3.05, 3.63) is 66.6 Å². The van der Waals surface area contributed by atoms with Crippen LogP contribution in [0.15, 0.2) is 65.1 Å². The number of nitrogens with zero attached hydrogens (tertiary/aromatic N) is 1. The SMILES string of the molecule is CCCC(C)c1nc(-c2ccccc2)c(-c2ccccc2)o1. The molecular formula is C20H21NO. The fourth-order valence-electron chi connectivity index (χ4n) is 2.68. The van der Waals surface area contributed by atoms with Crippen LogP contribution in [0.4, 0.5) is 0 Å². The monoisotopic (exact) mass is 291 g/mol. The number of aromatic nitrogens is 1. The molecule has 0 saturated heterocycles. The number of benzene rings is 2. The van der Waals surface area contributed by atoms with Gasteiger partial charge in [-0.2, -0.15) is 0 Å². The van der Waals surface area contributed by atoms with E-state index in [4.69, 9.17) is 9.40 Å². The van der Waals surface area contributed by atoms with Crippen molar-refractivity contribution >= 4 is 0 Å². The van der Waals surface area contributed by atoms with Gasteiger partial charge in [-0.15, -0.1) is 0 Å². The molecule has 1 heterocycles. The Kier molecular flexibility index (Phi) is 4.38. The summed E-state index contributed by atoms with van der Waals surface area (Å²) in [6.07, 6.45) is 2.22. The van der Waals surface area contributed by atoms with Gasteiger partial charge in [0.1, 0.15) is 5.69 Å². The van der Waals surface area contributed by atoms with Gasteiger partial charge in [0.05, 0.1) is 0 Å². The first-order valence-electron chi connectivity index (χ1n) is 7.91. The molecule has 0 aliphatic carbocycles. The zero-order valence-corrected chi connectivity index (χ0v) is 13.1. The molecule has 0 spiro atoms. The first-order chi connectivity index (χ1) is 10.8. The molecule has 0 amide bonds. The molecular weight excluding hydrogens is 270 g/mol. The number of oxazole rings is 1. The molecule has 112 valence electrons. The first kappa shape index (κ1) is 14.6. The van der Waals surface area contributed by atoms with Crippen LogP contribution < -0.4 is 0 Å². The molecule has 2 aromatic carbocycles. The van der Waals surface area contributed by atoms with E-state index in [0.717, 1.165) is 41.3 Å². The topological polar surface area (TPSA) is 26.0 Å². The van der Waals surface area contributed by atoms with Crippen molar-refractivity contribution in [2.45, 2.75) is 32.6 Å². The van der Waals surface area contributed by atoms with Crippen molar-refractivity contribution in [1.29, 1.82) is 0 Å². The van der Waals surface area contributed by atoms with Gasteiger partial charge in [0.25, 0.3) is 0 Å². The van der Waals surface area contributed by atoms with E-state index in [0.29, 0.717) is 5.92 Å². The summed E-state index contributed by atoms with van der Waals surface area (Å²) < 4.78 is 6.16. The summed E-state index contributed by atoms with van der Waals surface area (Å²) in [5.41, 5.74) is 3.11. The third-order valence-electron chi connectivity index (χ3n) is 3.87. The van der Waals surface area contributed by atoms with Crippen molar-refractivity contribution in [3.8, 4) is 22.6 Å². The molecule has 0 N–H and O–H groups in total. The molecule has 0 aliphatic rings. The highest BCUT2D eigenvalue weighted by Gasteiger charge is 2.19. The second kappa shape index (κ2) is 6.61. The largest absolute Gasteiger partial charge is 0.440 e. The fraction of sp³-hybridized carbons (Fsp3) is 0.250. The number of hydrogen-bond donors (Lipinski definition) is 0. The van der Waals surface area contributed by atoms with Crippen LogP contribution in [-0.2, 0) is 0 Å². The minimum absolute atomic E-state index is 0.338. The predicted octanol–water partition coefficient (Wildman–Crippen LogP) is 5.91. The Hall–Kier alpha value is -2.35. The molecule has 22 heavy (non-hydrogen) atoms. The predicted molar refractivity (Wildman–Crippen MR) is 90.7 cm³/mol. The van der Waals surface area contributed by atoms with Crippen molar-refractivity contribution in [2.75, 3.05) is 0 Å². The Morgan fingerprint density at radius 3 is 2.09 bits per heavy atom. The molecule has 2 heteroatoms. The van der Waals surface area contributed by atoms with Gasteiger partial charge in [0.2, 0.25) is 0 Å². The molecule has 0 aliphatic heterocycles. The molecule has 3 aromatic rings. The average Bonchev–Trinajstić information content (AvgIpc) is 3.02. The summed E-state index contributed by atoms with van der Waals surface area (Å²) in [5, 5.41) is 0. The van der Waals surface area contributed by atoms with Crippen LogP contribution in [0.5, 0.6) is 0 Å². The lowest BCUT2D eigenvalue weighted by Gasteiger charge is -2.03. The molecule has 0 saturated carbocycles. The Bertz CT molecular complexity index is 659. The molecule has 1 aromatic heterocycles. The Morgan fingerprint density at radius 2 is 1.50 bits per heavy atom. The summed E-state index contributed by atoms with van der Waals surface area (Å²) >= 11 is 0. The van der Waals surface area contributed by atoms with E-state index in [1.165, 1.54) is 0 Å². The minimum atomic E-state index is 0.338. The van der Waals surface area contributed by atoms with Crippen LogP contribution in [0.3, 0.4) is 0 Å². The van der Waals surface area contributed by atoms with Crippen LogP contribution in [0.25, 0.3) is 22.6 Å². The molecule has 0 fully saturated rings. The molecule has 1 atom stereocenters. The van der Waals surface area contributed by atoms with Gasteiger partial charge in [0, 0.05) is 17.0 Å². The van der Waals surface area contributed by atoms with Crippen LogP contribution in [-0.4, -0.2) is 4.98 Å². The van der Waals surface area contributed by atoms with Gasteiger partial charge in [-0.1, -0.05) is 80.9 Å². The van der Waals surface area contributed by atoms with Crippen LogP contribution >= 0.6 is 0 Å². The first-order valence-corrected chi connectivity index (χ1v) is 7.91. The lowest BCUT2D eigenvalue weighted by molar-refractivity contribution is 0.452. The van der Waals surface area contributed by atoms with Crippen molar-refractivity contribution < 1.29 is 4.42 Å². The van der Waals surface area contributed by atoms with E-state index >= 15 is 0 Å². The van der Waals surface area contributed by atoms with Gasteiger partial charge in [0.15, 0.2) is 11.7 Å². The van der Waals surface area contributed by atoms with Crippen molar-refractivity contribution in [3.63, 3.8) is 0 Å². The van der Waals surface area contributed by atoms with Gasteiger partial charge in [-0.25, -0.2) is 4.98 Å². The van der Waals surface area contributed by atoms with Crippen LogP contribution in [0.1, 0.15) is 38.5 Å². The van der Waals surface area contributed by atoms with Crippen molar-refractivity contribution in [2.24, 2.45) is 0 Å². The standard InChI is InChI=1S/C20H21NO/c1-3-10-15(2)20-21-18(16-11-6-4-7-12-16)19(22-20)17-13-8-5-9-14-17/h4-9,11-15H,3,10H2,1-2H3. The summed E-state index contributed by atoms with van der Waals surface area (Å²) in [5.74, 6) is 2.04. The normalized spacial score (nSPS) is 12.3. The maximum absolute atomic E-state index is 6.16. The van der Waals surface area contributed by atoms with E-state index < -0.39 is 0 Å². The quantitative estimate of drug-likeness (QED) is 0.584. The van der Waals surface area contributed by atoms with Gasteiger partial charge in [-0.3, -0.25) is 0 Å². The minimum Gasteiger partial charge on any atom is -0.440 e. The van der Waals surface area contributed by atoms with Crippen LogP contribution in [0.2, 0.25) is 0 Å². The zero-order chi connectivity index (χ0) is 15.4. The van der Waals surface area contributed by atoms with Gasteiger partial charge in [-0.05, 0) is 6.42 Å². The highest BCUT2D eigenvalue weighted by Crippen LogP contribution is 2.35. The van der Waals surface area contributed by atoms with Gasteiger partial charge >= 0.3 is 0 Å². The highest BCUT2D eigenvalue weighted by atomic mass is 16.4. The van der Waals surface area contributed by atoms with E-state index in [1.807, 2.05) is 36.4 Å². The summed E-state index contributed by atoms with van der Waals surface area (Å²) in [4.78, 5) is 4.81. The number of rotatable bonds is 5. The zero-order valence-electron chi connectivity index (χ0n) is 13.1. The third kappa shape index (κ3) is 2.96. The van der Waals surface area contributed by atoms with E-state index in [9.17, 15) is 0 Å². The summed E-state index contributed by atoms with van der Waals surface area (Å²) in [6, 6.07) is 20.5. The maximum atomic E-state index is 6.16. The second-order valence-corrected chi connectivity index (χ2v) is 5.65. The lowest BCUT2D eigenvalue weighted by atomic mass is 10.1. The molecule has 3 rings (SSSR count). The lowest BCUT2D eigenvalue weighted by Crippen LogP contribution is -1.92. The molecule has 2 nitrogen and oxygen atoms in total. The number of hydrogen-bond acceptors (Lipinski definition) is 2. The van der Waals surface area contributed by atoms with E-state index in [-0.39, 0.29) is 0 Å². The highest BCUT2D eigenvalue weighted by molar-refractivity contribution is 5.76. The summed E-state index contributed by atoms with van der Waals surface area (Å²) in [6.45, 7) is 4.37. The Labute approximate surface area is 131 Å². The third-order valence-corrected chi connectivity index (χ3v) is 3.87. The molecule has 0 radical (unpaired) electrons. The van der Waals surface area contributed by atoms with Gasteiger partial charge < -0.3 is 4.42 Å². The van der Waals surface area contributed by atoms with Crippen molar-refractivity contribution in [1.82, 2.24) is 4.98 Å². The molecule has 1 unspecified atom stereocenters. The Morgan fingerprint density at radius 1 is 0.909 bits per heavy atom. The summed E-state index contributed by atoms with van der Waals surface area (Å²) in [7, 11) is 0. The van der Waals surface area contributed by atoms with E-state index in [2.05, 4.69) is 38.1 Å². The van der Waals surface area contributed by atoms with Crippen LogP contribution in [0, 0.1) is 0 Å². The Balaban J connectivity index is 2.10. The second-order valence-electron chi connectivity index (χ2n) is 5.65. The maximum Gasteiger partial charge on any atom is 0.198 e.